The molecule has 1 aliphatic heterocycles. The van der Waals surface area contributed by atoms with Gasteiger partial charge in [0.2, 0.25) is 0 Å². The van der Waals surface area contributed by atoms with Gasteiger partial charge in [0, 0.05) is 33.7 Å². The Morgan fingerprint density at radius 3 is 2.43 bits per heavy atom. The number of nitrogens with one attached hydrogen (secondary N) is 1. The van der Waals surface area contributed by atoms with E-state index in [1.165, 1.54) is 5.56 Å². The molecule has 1 saturated heterocycles. The van der Waals surface area contributed by atoms with Gasteiger partial charge < -0.3 is 4.57 Å². The minimum atomic E-state index is -0.763. The highest BCUT2D eigenvalue weighted by Gasteiger charge is 2.37. The summed E-state index contributed by atoms with van der Waals surface area (Å²) in [5.41, 5.74) is 5.22. The summed E-state index contributed by atoms with van der Waals surface area (Å²) in [5.74, 6) is -1.36. The largest absolute Gasteiger partial charge is 0.342 e. The Kier molecular flexibility index (Phi) is 5.86. The zero-order valence-electron chi connectivity index (χ0n) is 19.2. The zero-order valence-corrected chi connectivity index (χ0v) is 20.8. The number of nitrogens with zero attached hydrogens (tertiary/aromatic N) is 2. The predicted molar refractivity (Wildman–Crippen MR) is 140 cm³/mol. The standard InChI is InChI=1S/C28H22BrN3O3/c1-17-7-9-19(10-8-17)15-31-16-20(22-5-3-4-6-25(22)31)14-23-26(33)30-28(35)32(27(23)34)21-11-12-24(29)18(2)13-21/h3-14,16H,15H2,1-2H3,(H,30,33,35)/b23-14+. The van der Waals surface area contributed by atoms with Gasteiger partial charge in [0.25, 0.3) is 11.8 Å². The van der Waals surface area contributed by atoms with Gasteiger partial charge >= 0.3 is 6.03 Å². The number of barbiturate groups is 1. The zero-order chi connectivity index (χ0) is 24.7. The SMILES string of the molecule is Cc1ccc(Cn2cc(/C=C3\C(=O)NC(=O)N(c4ccc(Br)c(C)c4)C3=O)c3ccccc32)cc1. The average Bonchev–Trinajstić information content (AvgIpc) is 3.17. The molecule has 0 saturated carbocycles. The number of imide groups is 2. The van der Waals surface area contributed by atoms with Crippen molar-refractivity contribution < 1.29 is 14.4 Å². The lowest BCUT2D eigenvalue weighted by Crippen LogP contribution is -2.54. The predicted octanol–water partition coefficient (Wildman–Crippen LogP) is 5.74. The van der Waals surface area contributed by atoms with Crippen LogP contribution in [0, 0.1) is 13.8 Å². The quantitative estimate of drug-likeness (QED) is 0.272. The van der Waals surface area contributed by atoms with Gasteiger partial charge in [0.15, 0.2) is 0 Å². The van der Waals surface area contributed by atoms with Crippen molar-refractivity contribution >= 4 is 56.4 Å². The Morgan fingerprint density at radius 1 is 0.943 bits per heavy atom. The summed E-state index contributed by atoms with van der Waals surface area (Å²) in [5, 5.41) is 3.22. The lowest BCUT2D eigenvalue weighted by atomic mass is 10.1. The van der Waals surface area contributed by atoms with Crippen LogP contribution in [0.5, 0.6) is 0 Å². The number of hydrogen-bond donors (Lipinski definition) is 1. The Balaban J connectivity index is 1.56. The number of anilines is 1. The third-order valence-corrected chi connectivity index (χ3v) is 6.98. The molecule has 35 heavy (non-hydrogen) atoms. The number of carbonyl (C=O) groups is 3. The molecule has 1 fully saturated rings. The number of carbonyl (C=O) groups excluding carboxylic acids is 3. The number of amides is 4. The minimum Gasteiger partial charge on any atom is -0.342 e. The van der Waals surface area contributed by atoms with Gasteiger partial charge in [-0.15, -0.1) is 0 Å². The van der Waals surface area contributed by atoms with Crippen LogP contribution in [0.25, 0.3) is 17.0 Å². The summed E-state index contributed by atoms with van der Waals surface area (Å²) in [4.78, 5) is 39.7. The van der Waals surface area contributed by atoms with E-state index in [4.69, 9.17) is 0 Å². The van der Waals surface area contributed by atoms with E-state index in [2.05, 4.69) is 57.0 Å². The molecule has 0 unspecified atom stereocenters. The van der Waals surface area contributed by atoms with Crippen molar-refractivity contribution in [3.05, 3.63) is 105 Å². The number of hydrogen-bond acceptors (Lipinski definition) is 3. The maximum absolute atomic E-state index is 13.4. The van der Waals surface area contributed by atoms with Crippen LogP contribution in [0.3, 0.4) is 0 Å². The van der Waals surface area contributed by atoms with Crippen molar-refractivity contribution in [1.82, 2.24) is 9.88 Å². The molecule has 3 aromatic carbocycles. The fourth-order valence-electron chi connectivity index (χ4n) is 4.23. The molecule has 4 aromatic rings. The first-order chi connectivity index (χ1) is 16.8. The third kappa shape index (κ3) is 4.31. The summed E-state index contributed by atoms with van der Waals surface area (Å²) >= 11 is 3.43. The monoisotopic (exact) mass is 527 g/mol. The van der Waals surface area contributed by atoms with Crippen molar-refractivity contribution in [3.8, 4) is 0 Å². The lowest BCUT2D eigenvalue weighted by Gasteiger charge is -2.26. The molecule has 4 amide bonds. The highest BCUT2D eigenvalue weighted by Crippen LogP contribution is 2.29. The summed E-state index contributed by atoms with van der Waals surface area (Å²) in [6.07, 6.45) is 3.50. The van der Waals surface area contributed by atoms with Crippen LogP contribution in [-0.2, 0) is 16.1 Å². The summed E-state index contributed by atoms with van der Waals surface area (Å²) in [6, 6.07) is 20.6. The molecule has 2 heterocycles. The van der Waals surface area contributed by atoms with Crippen LogP contribution in [0.1, 0.15) is 22.3 Å². The molecule has 0 aliphatic carbocycles. The first kappa shape index (κ1) is 22.8. The molecule has 0 bridgehead atoms. The molecule has 1 N–H and O–H groups in total. The maximum Gasteiger partial charge on any atom is 0.335 e. The highest BCUT2D eigenvalue weighted by atomic mass is 79.9. The minimum absolute atomic E-state index is 0.0941. The molecule has 5 rings (SSSR count). The van der Waals surface area contributed by atoms with Crippen molar-refractivity contribution in [3.63, 3.8) is 0 Å². The topological polar surface area (TPSA) is 71.4 Å². The van der Waals surface area contributed by atoms with E-state index in [1.807, 2.05) is 37.4 Å². The van der Waals surface area contributed by atoms with Gasteiger partial charge in [-0.1, -0.05) is 64.0 Å². The van der Waals surface area contributed by atoms with E-state index in [1.54, 1.807) is 24.3 Å². The van der Waals surface area contributed by atoms with E-state index in [9.17, 15) is 14.4 Å². The molecule has 0 spiro atoms. The number of para-hydroxylation sites is 1. The lowest BCUT2D eigenvalue weighted by molar-refractivity contribution is -0.122. The normalized spacial score (nSPS) is 15.2. The van der Waals surface area contributed by atoms with Gasteiger partial charge in [-0.25, -0.2) is 9.69 Å². The van der Waals surface area contributed by atoms with Gasteiger partial charge in [0.1, 0.15) is 5.57 Å². The molecule has 1 aromatic heterocycles. The fourth-order valence-corrected chi connectivity index (χ4v) is 4.47. The smallest absolute Gasteiger partial charge is 0.335 e. The average molecular weight is 528 g/mol. The first-order valence-corrected chi connectivity index (χ1v) is 11.9. The second-order valence-electron chi connectivity index (χ2n) is 8.61. The molecular formula is C28H22BrN3O3. The summed E-state index contributed by atoms with van der Waals surface area (Å²) < 4.78 is 2.96. The van der Waals surface area contributed by atoms with Crippen LogP contribution in [0.2, 0.25) is 0 Å². The van der Waals surface area contributed by atoms with Gasteiger partial charge in [0.05, 0.1) is 5.69 Å². The second-order valence-corrected chi connectivity index (χ2v) is 9.46. The number of urea groups is 1. The molecule has 0 atom stereocenters. The Hall–Kier alpha value is -3.97. The van der Waals surface area contributed by atoms with Crippen LogP contribution in [-0.4, -0.2) is 22.4 Å². The van der Waals surface area contributed by atoms with Crippen LogP contribution in [0.15, 0.2) is 83.0 Å². The van der Waals surface area contributed by atoms with Gasteiger partial charge in [-0.2, -0.15) is 0 Å². The van der Waals surface area contributed by atoms with Crippen LogP contribution in [0.4, 0.5) is 10.5 Å². The van der Waals surface area contributed by atoms with Crippen molar-refractivity contribution in [1.29, 1.82) is 0 Å². The summed E-state index contributed by atoms with van der Waals surface area (Å²) in [6.45, 7) is 4.56. The third-order valence-electron chi connectivity index (χ3n) is 6.09. The second kappa shape index (κ2) is 9.00. The Labute approximate surface area is 211 Å². The van der Waals surface area contributed by atoms with Crippen molar-refractivity contribution in [2.75, 3.05) is 4.90 Å². The number of halogens is 1. The fraction of sp³-hybridized carbons (Fsp3) is 0.107. The number of benzene rings is 3. The van der Waals surface area contributed by atoms with E-state index >= 15 is 0 Å². The number of rotatable bonds is 4. The molecular weight excluding hydrogens is 506 g/mol. The van der Waals surface area contributed by atoms with Crippen molar-refractivity contribution in [2.45, 2.75) is 20.4 Å². The Bertz CT molecular complexity index is 1530. The molecule has 7 heteroatoms. The molecule has 0 radical (unpaired) electrons. The first-order valence-electron chi connectivity index (χ1n) is 11.1. The molecule has 6 nitrogen and oxygen atoms in total. The highest BCUT2D eigenvalue weighted by molar-refractivity contribution is 9.10. The molecule has 1 aliphatic rings. The summed E-state index contributed by atoms with van der Waals surface area (Å²) in [7, 11) is 0. The number of fused-ring (bicyclic) bond motifs is 1. The van der Waals surface area contributed by atoms with Crippen molar-refractivity contribution in [2.24, 2.45) is 0 Å². The van der Waals surface area contributed by atoms with Crippen LogP contribution < -0.4 is 10.2 Å². The van der Waals surface area contributed by atoms with E-state index in [0.29, 0.717) is 12.2 Å². The number of aromatic nitrogens is 1. The van der Waals surface area contributed by atoms with Gasteiger partial charge in [-0.3, -0.25) is 14.9 Å². The van der Waals surface area contributed by atoms with Crippen LogP contribution >= 0.6 is 15.9 Å². The number of aryl methyl sites for hydroxylation is 2. The Morgan fingerprint density at radius 2 is 1.69 bits per heavy atom. The molecule has 174 valence electrons. The van der Waals surface area contributed by atoms with E-state index in [-0.39, 0.29) is 5.57 Å². The van der Waals surface area contributed by atoms with Gasteiger partial charge in [-0.05, 0) is 55.3 Å². The van der Waals surface area contributed by atoms with E-state index in [0.717, 1.165) is 37.0 Å². The van der Waals surface area contributed by atoms with E-state index < -0.39 is 17.8 Å². The maximum atomic E-state index is 13.4.